The third kappa shape index (κ3) is 2.19. The minimum atomic E-state index is -1.02. The molecule has 1 aliphatic rings. The van der Waals surface area contributed by atoms with Crippen molar-refractivity contribution in [1.82, 2.24) is 0 Å². The Balaban J connectivity index is 3.05. The molecule has 0 saturated carbocycles. The van der Waals surface area contributed by atoms with Crippen molar-refractivity contribution in [1.29, 1.82) is 0 Å². The molecule has 0 radical (unpaired) electrons. The van der Waals surface area contributed by atoms with Gasteiger partial charge in [-0.25, -0.2) is 0 Å². The SMILES string of the molecule is C=C/C=C1/B(O)ON=C/C1=C/C=C. The molecule has 1 N–H and O–H groups in total. The fraction of sp³-hybridized carbons (Fsp3) is 0. The Labute approximate surface area is 77.5 Å². The van der Waals surface area contributed by atoms with E-state index in [1.807, 2.05) is 0 Å². The summed E-state index contributed by atoms with van der Waals surface area (Å²) in [4.78, 5) is 0. The Bertz CT molecular complexity index is 305. The molecule has 66 valence electrons. The highest BCUT2D eigenvalue weighted by Crippen LogP contribution is 2.16. The van der Waals surface area contributed by atoms with E-state index in [9.17, 15) is 5.02 Å². The highest BCUT2D eigenvalue weighted by molar-refractivity contribution is 6.55. The third-order valence-electron chi connectivity index (χ3n) is 1.55. The lowest BCUT2D eigenvalue weighted by atomic mass is 9.73. The van der Waals surface area contributed by atoms with Gasteiger partial charge in [0.2, 0.25) is 0 Å². The maximum absolute atomic E-state index is 9.37. The molecule has 1 aliphatic heterocycles. The second kappa shape index (κ2) is 4.47. The van der Waals surface area contributed by atoms with Crippen molar-refractivity contribution in [2.75, 3.05) is 0 Å². The molecule has 0 amide bonds. The van der Waals surface area contributed by atoms with E-state index in [0.29, 0.717) is 5.47 Å². The number of hydrogen-bond acceptors (Lipinski definition) is 3. The summed E-state index contributed by atoms with van der Waals surface area (Å²) in [5.74, 6) is 0. The molecule has 0 aromatic carbocycles. The molecular formula is C9H10BNO2. The van der Waals surface area contributed by atoms with Crippen LogP contribution in [0.2, 0.25) is 0 Å². The Hall–Kier alpha value is -1.55. The highest BCUT2D eigenvalue weighted by atomic mass is 16.6. The lowest BCUT2D eigenvalue weighted by Gasteiger charge is -2.13. The smallest absolute Gasteiger partial charge is 0.427 e. The summed E-state index contributed by atoms with van der Waals surface area (Å²) in [6.45, 7) is 7.10. The topological polar surface area (TPSA) is 41.8 Å². The highest BCUT2D eigenvalue weighted by Gasteiger charge is 2.26. The van der Waals surface area contributed by atoms with Crippen LogP contribution in [0.3, 0.4) is 0 Å². The second-order valence-corrected chi connectivity index (χ2v) is 2.41. The fourth-order valence-electron chi connectivity index (χ4n) is 0.990. The molecule has 3 nitrogen and oxygen atoms in total. The summed E-state index contributed by atoms with van der Waals surface area (Å²) >= 11 is 0. The monoisotopic (exact) mass is 175 g/mol. The third-order valence-corrected chi connectivity index (χ3v) is 1.55. The van der Waals surface area contributed by atoms with E-state index in [0.717, 1.165) is 5.57 Å². The van der Waals surface area contributed by atoms with Crippen LogP contribution in [-0.2, 0) is 4.76 Å². The van der Waals surface area contributed by atoms with Crippen molar-refractivity contribution in [3.8, 4) is 0 Å². The molecule has 0 saturated heterocycles. The number of allylic oxidation sites excluding steroid dienone is 6. The van der Waals surface area contributed by atoms with Crippen LogP contribution in [0.4, 0.5) is 0 Å². The number of hydrogen-bond donors (Lipinski definition) is 1. The molecule has 0 aromatic rings. The van der Waals surface area contributed by atoms with Crippen LogP contribution in [0.25, 0.3) is 0 Å². The van der Waals surface area contributed by atoms with Crippen LogP contribution in [-0.4, -0.2) is 18.4 Å². The van der Waals surface area contributed by atoms with Gasteiger partial charge in [0.05, 0.1) is 6.21 Å². The summed E-state index contributed by atoms with van der Waals surface area (Å²) < 4.78 is 4.65. The molecular weight excluding hydrogens is 165 g/mol. The summed E-state index contributed by atoms with van der Waals surface area (Å²) in [5, 5.41) is 12.9. The van der Waals surface area contributed by atoms with Gasteiger partial charge in [0.1, 0.15) is 0 Å². The van der Waals surface area contributed by atoms with Gasteiger partial charge in [-0.3, -0.25) is 0 Å². The van der Waals surface area contributed by atoms with Gasteiger partial charge in [0.25, 0.3) is 0 Å². The fourth-order valence-corrected chi connectivity index (χ4v) is 0.990. The average molecular weight is 175 g/mol. The molecule has 13 heavy (non-hydrogen) atoms. The van der Waals surface area contributed by atoms with Gasteiger partial charge in [-0.1, -0.05) is 37.5 Å². The van der Waals surface area contributed by atoms with Crippen molar-refractivity contribution >= 4 is 13.3 Å². The summed E-state index contributed by atoms with van der Waals surface area (Å²) in [7, 11) is -1.02. The molecule has 4 heteroatoms. The quantitative estimate of drug-likeness (QED) is 0.641. The van der Waals surface area contributed by atoms with Crippen LogP contribution in [0, 0.1) is 0 Å². The zero-order valence-corrected chi connectivity index (χ0v) is 7.18. The molecule has 0 fully saturated rings. The number of nitrogens with zero attached hydrogens (tertiary/aromatic N) is 1. The Morgan fingerprint density at radius 3 is 2.69 bits per heavy atom. The predicted octanol–water partition coefficient (Wildman–Crippen LogP) is 1.25. The van der Waals surface area contributed by atoms with E-state index in [1.165, 1.54) is 6.21 Å². The molecule has 0 bridgehead atoms. The Morgan fingerprint density at radius 1 is 1.38 bits per heavy atom. The largest absolute Gasteiger partial charge is 0.583 e. The van der Waals surface area contributed by atoms with Gasteiger partial charge in [0.15, 0.2) is 0 Å². The van der Waals surface area contributed by atoms with E-state index >= 15 is 0 Å². The first-order valence-electron chi connectivity index (χ1n) is 3.82. The van der Waals surface area contributed by atoms with E-state index in [-0.39, 0.29) is 0 Å². The second-order valence-electron chi connectivity index (χ2n) is 2.41. The van der Waals surface area contributed by atoms with Crippen molar-refractivity contribution in [3.63, 3.8) is 0 Å². The number of oxime groups is 1. The molecule has 0 aromatic heterocycles. The zero-order chi connectivity index (χ0) is 9.68. The minimum absolute atomic E-state index is 0.630. The molecule has 0 atom stereocenters. The maximum Gasteiger partial charge on any atom is 0.583 e. The first-order valence-corrected chi connectivity index (χ1v) is 3.82. The standard InChI is InChI=1S/C9H10BNO2/c1-3-5-8-7-11-13-10(12)9(8)6-4-2/h3-7,12H,1-2H2/b8-5-,9-6+. The summed E-state index contributed by atoms with van der Waals surface area (Å²) in [6, 6.07) is 0. The molecule has 0 spiro atoms. The van der Waals surface area contributed by atoms with Crippen molar-refractivity contribution in [3.05, 3.63) is 48.5 Å². The zero-order valence-electron chi connectivity index (χ0n) is 7.18. The van der Waals surface area contributed by atoms with Gasteiger partial charge < -0.3 is 9.78 Å². The summed E-state index contributed by atoms with van der Waals surface area (Å²) in [5.41, 5.74) is 1.40. The van der Waals surface area contributed by atoms with E-state index in [4.69, 9.17) is 0 Å². The molecule has 0 unspecified atom stereocenters. The van der Waals surface area contributed by atoms with Gasteiger partial charge in [-0.2, -0.15) is 0 Å². The normalized spacial score (nSPS) is 21.8. The summed E-state index contributed by atoms with van der Waals surface area (Å²) in [6.07, 6.45) is 8.13. The van der Waals surface area contributed by atoms with Crippen LogP contribution >= 0.6 is 0 Å². The van der Waals surface area contributed by atoms with Crippen LogP contribution in [0.15, 0.2) is 53.7 Å². The van der Waals surface area contributed by atoms with E-state index in [1.54, 1.807) is 24.3 Å². The lowest BCUT2D eigenvalue weighted by molar-refractivity contribution is 0.281. The van der Waals surface area contributed by atoms with Gasteiger partial charge >= 0.3 is 7.12 Å². The van der Waals surface area contributed by atoms with E-state index in [2.05, 4.69) is 23.1 Å². The Kier molecular flexibility index (Phi) is 3.28. The molecule has 0 aliphatic carbocycles. The predicted molar refractivity (Wildman–Crippen MR) is 54.1 cm³/mol. The van der Waals surface area contributed by atoms with Crippen molar-refractivity contribution in [2.24, 2.45) is 5.16 Å². The van der Waals surface area contributed by atoms with Gasteiger partial charge in [-0.15, -0.1) is 5.16 Å². The first kappa shape index (κ1) is 9.54. The number of rotatable bonds is 2. The van der Waals surface area contributed by atoms with E-state index < -0.39 is 7.12 Å². The van der Waals surface area contributed by atoms with Crippen molar-refractivity contribution in [2.45, 2.75) is 0 Å². The van der Waals surface area contributed by atoms with Crippen LogP contribution < -0.4 is 0 Å². The average Bonchev–Trinajstić information content (AvgIpc) is 2.11. The van der Waals surface area contributed by atoms with Gasteiger partial charge in [-0.05, 0) is 5.57 Å². The first-order chi connectivity index (χ1) is 6.29. The van der Waals surface area contributed by atoms with Gasteiger partial charge in [0, 0.05) is 5.47 Å². The van der Waals surface area contributed by atoms with Crippen LogP contribution in [0.5, 0.6) is 0 Å². The molecule has 1 rings (SSSR count). The van der Waals surface area contributed by atoms with Crippen molar-refractivity contribution < 1.29 is 9.78 Å². The molecule has 1 heterocycles. The van der Waals surface area contributed by atoms with Crippen LogP contribution in [0.1, 0.15) is 0 Å². The lowest BCUT2D eigenvalue weighted by Crippen LogP contribution is -2.24. The maximum atomic E-state index is 9.37. The minimum Gasteiger partial charge on any atom is -0.427 e. The Morgan fingerprint density at radius 2 is 2.08 bits per heavy atom.